The van der Waals surface area contributed by atoms with Crippen LogP contribution >= 0.6 is 23.2 Å². The minimum atomic E-state index is 0.151. The van der Waals surface area contributed by atoms with Crippen LogP contribution in [0.25, 0.3) is 0 Å². The van der Waals surface area contributed by atoms with Gasteiger partial charge in [0.15, 0.2) is 0 Å². The van der Waals surface area contributed by atoms with Crippen LogP contribution in [0.15, 0.2) is 42.5 Å². The molecule has 0 fully saturated rings. The first-order valence-electron chi connectivity index (χ1n) is 6.38. The van der Waals surface area contributed by atoms with Crippen molar-refractivity contribution in [1.82, 2.24) is 5.32 Å². The number of halogens is 2. The molecule has 0 aliphatic heterocycles. The van der Waals surface area contributed by atoms with E-state index in [4.69, 9.17) is 27.9 Å². The van der Waals surface area contributed by atoms with E-state index in [9.17, 15) is 0 Å². The van der Waals surface area contributed by atoms with Gasteiger partial charge in [-0.25, -0.2) is 0 Å². The van der Waals surface area contributed by atoms with Crippen LogP contribution < -0.4 is 10.1 Å². The van der Waals surface area contributed by atoms with E-state index in [1.54, 1.807) is 13.2 Å². The number of benzene rings is 2. The standard InChI is InChI=1S/C16H17Cl2NO/c1-19-16(12-8-13(17)10-14(18)9-12)7-11-4-3-5-15(6-11)20-2/h3-6,8-10,16,19H,7H2,1-2H3. The van der Waals surface area contributed by atoms with E-state index in [1.165, 1.54) is 5.56 Å². The van der Waals surface area contributed by atoms with Crippen molar-refractivity contribution in [2.45, 2.75) is 12.5 Å². The Bertz CT molecular complexity index is 566. The smallest absolute Gasteiger partial charge is 0.119 e. The molecule has 106 valence electrons. The molecule has 0 aliphatic rings. The van der Waals surface area contributed by atoms with E-state index >= 15 is 0 Å². The Labute approximate surface area is 129 Å². The van der Waals surface area contributed by atoms with Crippen molar-refractivity contribution in [1.29, 1.82) is 0 Å². The molecule has 2 aromatic carbocycles. The number of methoxy groups -OCH3 is 1. The molecule has 20 heavy (non-hydrogen) atoms. The van der Waals surface area contributed by atoms with Crippen molar-refractivity contribution in [2.24, 2.45) is 0 Å². The molecule has 0 saturated carbocycles. The highest BCUT2D eigenvalue weighted by atomic mass is 35.5. The highest BCUT2D eigenvalue weighted by Crippen LogP contribution is 2.26. The fourth-order valence-electron chi connectivity index (χ4n) is 2.20. The van der Waals surface area contributed by atoms with Gasteiger partial charge in [-0.3, -0.25) is 0 Å². The van der Waals surface area contributed by atoms with Gasteiger partial charge in [0.2, 0.25) is 0 Å². The Morgan fingerprint density at radius 1 is 1.10 bits per heavy atom. The van der Waals surface area contributed by atoms with E-state index in [0.29, 0.717) is 10.0 Å². The minimum Gasteiger partial charge on any atom is -0.497 e. The SMILES string of the molecule is CNC(Cc1cccc(OC)c1)c1cc(Cl)cc(Cl)c1. The van der Waals surface area contributed by atoms with Crippen molar-refractivity contribution >= 4 is 23.2 Å². The van der Waals surface area contributed by atoms with Gasteiger partial charge in [-0.1, -0.05) is 35.3 Å². The Balaban J connectivity index is 2.23. The summed E-state index contributed by atoms with van der Waals surface area (Å²) in [5.41, 5.74) is 2.27. The van der Waals surface area contributed by atoms with Gasteiger partial charge in [0.25, 0.3) is 0 Å². The first-order chi connectivity index (χ1) is 9.62. The van der Waals surface area contributed by atoms with Crippen LogP contribution in [0, 0.1) is 0 Å². The van der Waals surface area contributed by atoms with Crippen LogP contribution in [0.4, 0.5) is 0 Å². The number of ether oxygens (including phenoxy) is 1. The fourth-order valence-corrected chi connectivity index (χ4v) is 2.74. The summed E-state index contributed by atoms with van der Waals surface area (Å²) < 4.78 is 5.25. The van der Waals surface area contributed by atoms with E-state index < -0.39 is 0 Å². The van der Waals surface area contributed by atoms with E-state index in [2.05, 4.69) is 11.4 Å². The van der Waals surface area contributed by atoms with E-state index in [-0.39, 0.29) is 6.04 Å². The van der Waals surface area contributed by atoms with Crippen molar-refractivity contribution in [3.8, 4) is 5.75 Å². The second-order valence-electron chi connectivity index (χ2n) is 4.60. The molecule has 2 aromatic rings. The Hall–Kier alpha value is -1.22. The van der Waals surface area contributed by atoms with Gasteiger partial charge >= 0.3 is 0 Å². The molecule has 0 radical (unpaired) electrons. The highest BCUT2D eigenvalue weighted by Gasteiger charge is 2.12. The quantitative estimate of drug-likeness (QED) is 0.877. The Kier molecular flexibility index (Phi) is 5.30. The summed E-state index contributed by atoms with van der Waals surface area (Å²) in [6.07, 6.45) is 0.838. The van der Waals surface area contributed by atoms with Crippen LogP contribution in [0.3, 0.4) is 0 Å². The molecule has 0 bridgehead atoms. The predicted molar refractivity (Wildman–Crippen MR) is 85.0 cm³/mol. The van der Waals surface area contributed by atoms with Gasteiger partial charge in [-0.2, -0.15) is 0 Å². The van der Waals surface area contributed by atoms with Crippen LogP contribution in [0.5, 0.6) is 5.75 Å². The van der Waals surface area contributed by atoms with Crippen LogP contribution in [-0.4, -0.2) is 14.2 Å². The average molecular weight is 310 g/mol. The van der Waals surface area contributed by atoms with E-state index in [1.807, 2.05) is 37.4 Å². The zero-order valence-corrected chi connectivity index (χ0v) is 13.0. The van der Waals surface area contributed by atoms with Gasteiger partial charge in [0.05, 0.1) is 7.11 Å². The molecule has 1 atom stereocenters. The van der Waals surface area contributed by atoms with E-state index in [0.717, 1.165) is 17.7 Å². The van der Waals surface area contributed by atoms with Gasteiger partial charge in [0.1, 0.15) is 5.75 Å². The number of rotatable bonds is 5. The molecule has 2 rings (SSSR count). The monoisotopic (exact) mass is 309 g/mol. The van der Waals surface area contributed by atoms with Crippen LogP contribution in [0.2, 0.25) is 10.0 Å². The topological polar surface area (TPSA) is 21.3 Å². The summed E-state index contributed by atoms with van der Waals surface area (Å²) in [7, 11) is 3.60. The van der Waals surface area contributed by atoms with Gasteiger partial charge in [-0.05, 0) is 54.9 Å². The largest absolute Gasteiger partial charge is 0.497 e. The number of likely N-dealkylation sites (N-methyl/N-ethyl adjacent to an activating group) is 1. The minimum absolute atomic E-state index is 0.151. The Morgan fingerprint density at radius 2 is 1.80 bits per heavy atom. The number of hydrogen-bond acceptors (Lipinski definition) is 2. The molecule has 0 aromatic heterocycles. The van der Waals surface area contributed by atoms with Crippen LogP contribution in [0.1, 0.15) is 17.2 Å². The van der Waals surface area contributed by atoms with Crippen molar-refractivity contribution in [3.63, 3.8) is 0 Å². The lowest BCUT2D eigenvalue weighted by atomic mass is 9.99. The molecule has 0 amide bonds. The lowest BCUT2D eigenvalue weighted by molar-refractivity contribution is 0.414. The maximum atomic E-state index is 6.07. The number of hydrogen-bond donors (Lipinski definition) is 1. The molecule has 2 nitrogen and oxygen atoms in total. The summed E-state index contributed by atoms with van der Waals surface area (Å²) in [5.74, 6) is 0.862. The molecule has 1 unspecified atom stereocenters. The summed E-state index contributed by atoms with van der Waals surface area (Å²) in [4.78, 5) is 0. The molecule has 0 aliphatic carbocycles. The third kappa shape index (κ3) is 3.89. The second-order valence-corrected chi connectivity index (χ2v) is 5.47. The normalized spacial score (nSPS) is 12.2. The van der Waals surface area contributed by atoms with Gasteiger partial charge in [-0.15, -0.1) is 0 Å². The maximum absolute atomic E-state index is 6.07. The average Bonchev–Trinajstić information content (AvgIpc) is 2.44. The molecule has 0 saturated heterocycles. The predicted octanol–water partition coefficient (Wildman–Crippen LogP) is 4.51. The first kappa shape index (κ1) is 15.2. The molecular weight excluding hydrogens is 293 g/mol. The van der Waals surface area contributed by atoms with Crippen molar-refractivity contribution in [3.05, 3.63) is 63.6 Å². The lowest BCUT2D eigenvalue weighted by Gasteiger charge is -2.18. The van der Waals surface area contributed by atoms with Crippen molar-refractivity contribution in [2.75, 3.05) is 14.2 Å². The zero-order chi connectivity index (χ0) is 14.5. The third-order valence-corrected chi connectivity index (χ3v) is 3.65. The molecular formula is C16H17Cl2NO. The van der Waals surface area contributed by atoms with Crippen molar-refractivity contribution < 1.29 is 4.74 Å². The summed E-state index contributed by atoms with van der Waals surface area (Å²) in [5, 5.41) is 4.60. The summed E-state index contributed by atoms with van der Waals surface area (Å²) in [6.45, 7) is 0. The molecule has 0 heterocycles. The van der Waals surface area contributed by atoms with Crippen LogP contribution in [-0.2, 0) is 6.42 Å². The highest BCUT2D eigenvalue weighted by molar-refractivity contribution is 6.34. The molecule has 1 N–H and O–H groups in total. The summed E-state index contributed by atoms with van der Waals surface area (Å²) in [6, 6.07) is 13.8. The third-order valence-electron chi connectivity index (χ3n) is 3.21. The van der Waals surface area contributed by atoms with Gasteiger partial charge < -0.3 is 10.1 Å². The second kappa shape index (κ2) is 6.98. The molecule has 0 spiro atoms. The van der Waals surface area contributed by atoms with Gasteiger partial charge in [0, 0.05) is 16.1 Å². The number of nitrogens with one attached hydrogen (secondary N) is 1. The maximum Gasteiger partial charge on any atom is 0.119 e. The lowest BCUT2D eigenvalue weighted by Crippen LogP contribution is -2.18. The first-order valence-corrected chi connectivity index (χ1v) is 7.14. The fraction of sp³-hybridized carbons (Fsp3) is 0.250. The Morgan fingerprint density at radius 3 is 2.40 bits per heavy atom. The zero-order valence-electron chi connectivity index (χ0n) is 11.5. The summed E-state index contributed by atoms with van der Waals surface area (Å²) >= 11 is 12.1. The molecule has 4 heteroatoms.